The van der Waals surface area contributed by atoms with Crippen molar-refractivity contribution in [3.63, 3.8) is 0 Å². The number of carbonyl (C=O) groups excluding carboxylic acids is 1. The van der Waals surface area contributed by atoms with Gasteiger partial charge in [-0.3, -0.25) is 18.7 Å². The third kappa shape index (κ3) is 3.57. The van der Waals surface area contributed by atoms with Gasteiger partial charge in [-0.05, 0) is 25.0 Å². The van der Waals surface area contributed by atoms with E-state index in [0.29, 0.717) is 10.9 Å². The van der Waals surface area contributed by atoms with Crippen LogP contribution in [0.25, 0.3) is 10.9 Å². The molecule has 1 aromatic carbocycles. The van der Waals surface area contributed by atoms with Crippen LogP contribution < -0.4 is 16.6 Å². The topological polar surface area (TPSA) is 73.1 Å². The number of carbonyl (C=O) groups is 1. The van der Waals surface area contributed by atoms with E-state index in [1.807, 2.05) is 0 Å². The predicted molar refractivity (Wildman–Crippen MR) is 97.7 cm³/mol. The highest BCUT2D eigenvalue weighted by molar-refractivity contribution is 5.81. The van der Waals surface area contributed by atoms with Gasteiger partial charge in [0, 0.05) is 12.6 Å². The van der Waals surface area contributed by atoms with Crippen LogP contribution in [-0.2, 0) is 17.9 Å². The fraction of sp³-hybridized carbons (Fsp3) is 0.421. The first-order valence-electron chi connectivity index (χ1n) is 8.74. The molecule has 6 heteroatoms. The largest absolute Gasteiger partial charge is 0.352 e. The number of aromatic nitrogens is 2. The maximum atomic E-state index is 12.7. The number of nitrogens with zero attached hydrogens (tertiary/aromatic N) is 2. The number of fused-ring (bicyclic) bond motifs is 1. The SMILES string of the molecule is C=CCn1c(=O)c2ccccc2n(CC(=O)NC2CCCCC2)c1=O. The molecule has 0 atom stereocenters. The number of hydrogen-bond acceptors (Lipinski definition) is 3. The van der Waals surface area contributed by atoms with E-state index in [1.165, 1.54) is 17.1 Å². The zero-order valence-corrected chi connectivity index (χ0v) is 14.2. The first kappa shape index (κ1) is 17.2. The molecular formula is C19H23N3O3. The van der Waals surface area contributed by atoms with Crippen molar-refractivity contribution >= 4 is 16.8 Å². The third-order valence-corrected chi connectivity index (χ3v) is 4.72. The van der Waals surface area contributed by atoms with Crippen LogP contribution in [0, 0.1) is 0 Å². The van der Waals surface area contributed by atoms with Crippen molar-refractivity contribution in [1.82, 2.24) is 14.5 Å². The molecule has 3 rings (SSSR count). The molecule has 0 unspecified atom stereocenters. The van der Waals surface area contributed by atoms with E-state index in [2.05, 4.69) is 11.9 Å². The van der Waals surface area contributed by atoms with Gasteiger partial charge >= 0.3 is 5.69 Å². The van der Waals surface area contributed by atoms with Crippen molar-refractivity contribution in [2.75, 3.05) is 0 Å². The van der Waals surface area contributed by atoms with Crippen molar-refractivity contribution in [2.24, 2.45) is 0 Å². The average molecular weight is 341 g/mol. The van der Waals surface area contributed by atoms with Crippen molar-refractivity contribution in [1.29, 1.82) is 0 Å². The van der Waals surface area contributed by atoms with Crippen LogP contribution in [0.5, 0.6) is 0 Å². The Hall–Kier alpha value is -2.63. The molecule has 0 aliphatic heterocycles. The second-order valence-corrected chi connectivity index (χ2v) is 6.49. The Morgan fingerprint density at radius 2 is 1.88 bits per heavy atom. The summed E-state index contributed by atoms with van der Waals surface area (Å²) in [5.41, 5.74) is -0.358. The molecule has 0 bridgehead atoms. The van der Waals surface area contributed by atoms with E-state index in [0.717, 1.165) is 30.3 Å². The summed E-state index contributed by atoms with van der Waals surface area (Å²) >= 11 is 0. The Morgan fingerprint density at radius 1 is 1.16 bits per heavy atom. The summed E-state index contributed by atoms with van der Waals surface area (Å²) < 4.78 is 2.49. The molecule has 1 heterocycles. The first-order valence-corrected chi connectivity index (χ1v) is 8.74. The predicted octanol–water partition coefficient (Wildman–Crippen LogP) is 1.80. The van der Waals surface area contributed by atoms with E-state index in [-0.39, 0.29) is 30.6 Å². The summed E-state index contributed by atoms with van der Waals surface area (Å²) in [6.45, 7) is 3.63. The molecule has 2 aromatic rings. The molecule has 1 amide bonds. The van der Waals surface area contributed by atoms with Crippen LogP contribution >= 0.6 is 0 Å². The maximum absolute atomic E-state index is 12.7. The number of para-hydroxylation sites is 1. The zero-order valence-electron chi connectivity index (χ0n) is 14.2. The summed E-state index contributed by atoms with van der Waals surface area (Å²) in [5, 5.41) is 3.44. The minimum atomic E-state index is -0.484. The molecule has 1 aromatic heterocycles. The van der Waals surface area contributed by atoms with E-state index in [9.17, 15) is 14.4 Å². The van der Waals surface area contributed by atoms with Crippen LogP contribution in [0.4, 0.5) is 0 Å². The Kier molecular flexibility index (Phi) is 5.16. The quantitative estimate of drug-likeness (QED) is 0.843. The first-order chi connectivity index (χ1) is 12.1. The molecule has 25 heavy (non-hydrogen) atoms. The van der Waals surface area contributed by atoms with Gasteiger partial charge < -0.3 is 5.32 Å². The van der Waals surface area contributed by atoms with Gasteiger partial charge in [0.2, 0.25) is 5.91 Å². The molecule has 1 aliphatic rings. The normalized spacial score (nSPS) is 15.2. The van der Waals surface area contributed by atoms with Crippen molar-refractivity contribution in [3.05, 3.63) is 57.8 Å². The third-order valence-electron chi connectivity index (χ3n) is 4.72. The lowest BCUT2D eigenvalue weighted by molar-refractivity contribution is -0.122. The number of hydrogen-bond donors (Lipinski definition) is 1. The Morgan fingerprint density at radius 3 is 2.60 bits per heavy atom. The molecule has 1 N–H and O–H groups in total. The molecule has 0 spiro atoms. The monoisotopic (exact) mass is 341 g/mol. The van der Waals surface area contributed by atoms with Gasteiger partial charge in [0.05, 0.1) is 10.9 Å². The van der Waals surface area contributed by atoms with Gasteiger partial charge in [-0.25, -0.2) is 4.79 Å². The standard InChI is InChI=1S/C19H23N3O3/c1-2-12-21-18(24)15-10-6-7-11-16(15)22(19(21)25)13-17(23)20-14-8-4-3-5-9-14/h2,6-7,10-11,14H,1,3-5,8-9,12-13H2,(H,20,23). The van der Waals surface area contributed by atoms with Crippen LogP contribution in [0.3, 0.4) is 0 Å². The highest BCUT2D eigenvalue weighted by atomic mass is 16.2. The second kappa shape index (κ2) is 7.51. The lowest BCUT2D eigenvalue weighted by Gasteiger charge is -2.23. The molecule has 1 fully saturated rings. The number of rotatable bonds is 5. The lowest BCUT2D eigenvalue weighted by Crippen LogP contribution is -2.44. The summed E-state index contributed by atoms with van der Waals surface area (Å²) in [6.07, 6.45) is 6.93. The van der Waals surface area contributed by atoms with Gasteiger partial charge in [-0.15, -0.1) is 6.58 Å². The number of allylic oxidation sites excluding steroid dienone is 1. The summed E-state index contributed by atoms with van der Waals surface area (Å²) in [6, 6.07) is 7.06. The number of nitrogens with one attached hydrogen (secondary N) is 1. The van der Waals surface area contributed by atoms with Crippen LogP contribution in [0.1, 0.15) is 32.1 Å². The second-order valence-electron chi connectivity index (χ2n) is 6.49. The molecule has 1 saturated carbocycles. The Balaban J connectivity index is 1.97. The van der Waals surface area contributed by atoms with Crippen LogP contribution in [-0.4, -0.2) is 21.1 Å². The van der Waals surface area contributed by atoms with Gasteiger partial charge in [-0.2, -0.15) is 0 Å². The smallest absolute Gasteiger partial charge is 0.332 e. The summed E-state index contributed by atoms with van der Waals surface area (Å²) in [5.74, 6) is -0.192. The lowest BCUT2D eigenvalue weighted by atomic mass is 9.95. The zero-order chi connectivity index (χ0) is 17.8. The molecule has 6 nitrogen and oxygen atoms in total. The van der Waals surface area contributed by atoms with E-state index >= 15 is 0 Å². The molecule has 0 radical (unpaired) electrons. The highest BCUT2D eigenvalue weighted by Gasteiger charge is 2.18. The molecule has 1 aliphatic carbocycles. The highest BCUT2D eigenvalue weighted by Crippen LogP contribution is 2.17. The average Bonchev–Trinajstić information content (AvgIpc) is 2.63. The Labute approximate surface area is 145 Å². The molecular weight excluding hydrogens is 318 g/mol. The maximum Gasteiger partial charge on any atom is 0.332 e. The summed E-state index contributed by atoms with van der Waals surface area (Å²) in [4.78, 5) is 37.7. The van der Waals surface area contributed by atoms with E-state index in [1.54, 1.807) is 24.3 Å². The van der Waals surface area contributed by atoms with E-state index < -0.39 is 5.69 Å². The van der Waals surface area contributed by atoms with Crippen LogP contribution in [0.15, 0.2) is 46.5 Å². The molecule has 0 saturated heterocycles. The fourth-order valence-corrected chi connectivity index (χ4v) is 3.48. The minimum absolute atomic E-state index is 0.0900. The Bertz CT molecular complexity index is 904. The van der Waals surface area contributed by atoms with Gasteiger partial charge in [-0.1, -0.05) is 37.5 Å². The van der Waals surface area contributed by atoms with Gasteiger partial charge in [0.15, 0.2) is 0 Å². The minimum Gasteiger partial charge on any atom is -0.352 e. The number of amides is 1. The number of benzene rings is 1. The van der Waals surface area contributed by atoms with Crippen molar-refractivity contribution < 1.29 is 4.79 Å². The molecule has 132 valence electrons. The van der Waals surface area contributed by atoms with E-state index in [4.69, 9.17) is 0 Å². The van der Waals surface area contributed by atoms with Crippen molar-refractivity contribution in [3.8, 4) is 0 Å². The fourth-order valence-electron chi connectivity index (χ4n) is 3.48. The summed E-state index contributed by atoms with van der Waals surface area (Å²) in [7, 11) is 0. The van der Waals surface area contributed by atoms with Crippen LogP contribution in [0.2, 0.25) is 0 Å². The van der Waals surface area contributed by atoms with Crippen molar-refractivity contribution in [2.45, 2.75) is 51.2 Å². The van der Waals surface area contributed by atoms with Gasteiger partial charge in [0.25, 0.3) is 5.56 Å². The van der Waals surface area contributed by atoms with Gasteiger partial charge in [0.1, 0.15) is 6.54 Å².